The molecule has 0 bridgehead atoms. The van der Waals surface area contributed by atoms with Crippen LogP contribution in [-0.4, -0.2) is 37.4 Å². The minimum Gasteiger partial charge on any atom is -0.466 e. The molecule has 0 aromatic carbocycles. The summed E-state index contributed by atoms with van der Waals surface area (Å²) in [4.78, 5) is 12.1. The van der Waals surface area contributed by atoms with E-state index in [-0.39, 0.29) is 12.3 Å². The van der Waals surface area contributed by atoms with Crippen LogP contribution in [0.2, 0.25) is 0 Å². The van der Waals surface area contributed by atoms with Gasteiger partial charge in [-0.25, -0.2) is 0 Å². The summed E-state index contributed by atoms with van der Waals surface area (Å²) in [5.41, 5.74) is 0. The number of carbonyl (C=O) groups is 1. The molecule has 4 nitrogen and oxygen atoms in total. The van der Waals surface area contributed by atoms with Crippen LogP contribution >= 0.6 is 15.9 Å². The van der Waals surface area contributed by atoms with E-state index < -0.39 is 0 Å². The van der Waals surface area contributed by atoms with E-state index in [1.807, 2.05) is 0 Å². The molecule has 0 fully saturated rings. The summed E-state index contributed by atoms with van der Waals surface area (Å²) >= 11 is 3.47. The van der Waals surface area contributed by atoms with Crippen LogP contribution in [0.25, 0.3) is 0 Å². The standard InChI is InChI=1S/C28H55BrO4/c1-3-5-7-9-14-19-25-32-28(33-26-20-15-10-8-6-4-2)22-21-27(30)31-24-18-16-12-11-13-17-23-29/h28H,3-26H2,1-2H3. The zero-order chi connectivity index (χ0) is 24.2. The van der Waals surface area contributed by atoms with Crippen molar-refractivity contribution in [3.05, 3.63) is 0 Å². The smallest absolute Gasteiger partial charge is 0.305 e. The van der Waals surface area contributed by atoms with Gasteiger partial charge in [0.2, 0.25) is 0 Å². The number of alkyl halides is 1. The van der Waals surface area contributed by atoms with Crippen LogP contribution in [0, 0.1) is 0 Å². The van der Waals surface area contributed by atoms with Gasteiger partial charge >= 0.3 is 5.97 Å². The van der Waals surface area contributed by atoms with Crippen molar-refractivity contribution < 1.29 is 19.0 Å². The Morgan fingerprint density at radius 1 is 0.606 bits per heavy atom. The third-order valence-corrected chi connectivity index (χ3v) is 6.54. The Balaban J connectivity index is 3.97. The first-order valence-electron chi connectivity index (χ1n) is 14.2. The van der Waals surface area contributed by atoms with Crippen LogP contribution in [0.15, 0.2) is 0 Å². The topological polar surface area (TPSA) is 44.8 Å². The Morgan fingerprint density at radius 3 is 1.52 bits per heavy atom. The lowest BCUT2D eigenvalue weighted by molar-refractivity contribution is -0.159. The molecular weight excluding hydrogens is 480 g/mol. The van der Waals surface area contributed by atoms with Crippen molar-refractivity contribution in [2.75, 3.05) is 25.2 Å². The summed E-state index contributed by atoms with van der Waals surface area (Å²) in [5, 5.41) is 1.09. The first-order chi connectivity index (χ1) is 16.2. The van der Waals surface area contributed by atoms with Gasteiger partial charge in [0.1, 0.15) is 0 Å². The second-order valence-corrected chi connectivity index (χ2v) is 10.1. The van der Waals surface area contributed by atoms with Crippen molar-refractivity contribution >= 4 is 21.9 Å². The van der Waals surface area contributed by atoms with E-state index in [9.17, 15) is 4.79 Å². The minimum absolute atomic E-state index is 0.120. The molecule has 0 rings (SSSR count). The summed E-state index contributed by atoms with van der Waals surface area (Å²) in [7, 11) is 0. The van der Waals surface area contributed by atoms with Crippen molar-refractivity contribution in [2.24, 2.45) is 0 Å². The average Bonchev–Trinajstić information content (AvgIpc) is 2.82. The highest BCUT2D eigenvalue weighted by Gasteiger charge is 2.13. The molecule has 0 aliphatic heterocycles. The molecule has 0 heterocycles. The molecular formula is C28H55BrO4. The van der Waals surface area contributed by atoms with Gasteiger partial charge in [-0.15, -0.1) is 0 Å². The Kier molecular flexibility index (Phi) is 28.0. The highest BCUT2D eigenvalue weighted by molar-refractivity contribution is 9.09. The first-order valence-corrected chi connectivity index (χ1v) is 15.3. The van der Waals surface area contributed by atoms with E-state index in [2.05, 4.69) is 29.8 Å². The second-order valence-electron chi connectivity index (χ2n) is 9.28. The summed E-state index contributed by atoms with van der Waals surface area (Å²) in [6.07, 6.45) is 22.8. The van der Waals surface area contributed by atoms with Crippen molar-refractivity contribution in [1.82, 2.24) is 0 Å². The third kappa shape index (κ3) is 26.3. The molecule has 5 heteroatoms. The fourth-order valence-corrected chi connectivity index (χ4v) is 4.20. The van der Waals surface area contributed by atoms with E-state index in [0.717, 1.165) is 44.2 Å². The average molecular weight is 536 g/mol. The largest absolute Gasteiger partial charge is 0.466 e. The van der Waals surface area contributed by atoms with Gasteiger partial charge < -0.3 is 14.2 Å². The van der Waals surface area contributed by atoms with Crippen LogP contribution in [0.1, 0.15) is 142 Å². The number of hydrogen-bond acceptors (Lipinski definition) is 4. The number of esters is 1. The molecule has 0 saturated carbocycles. The van der Waals surface area contributed by atoms with Crippen molar-refractivity contribution in [3.63, 3.8) is 0 Å². The van der Waals surface area contributed by atoms with Crippen LogP contribution in [0.3, 0.4) is 0 Å². The van der Waals surface area contributed by atoms with Gasteiger partial charge in [0.25, 0.3) is 0 Å². The predicted molar refractivity (Wildman–Crippen MR) is 144 cm³/mol. The minimum atomic E-state index is -0.279. The van der Waals surface area contributed by atoms with Gasteiger partial charge in [-0.1, -0.05) is 120 Å². The summed E-state index contributed by atoms with van der Waals surface area (Å²) in [5.74, 6) is -0.120. The third-order valence-electron chi connectivity index (χ3n) is 5.98. The summed E-state index contributed by atoms with van der Waals surface area (Å²) in [6, 6.07) is 0. The molecule has 198 valence electrons. The van der Waals surface area contributed by atoms with E-state index in [4.69, 9.17) is 14.2 Å². The number of halogens is 1. The zero-order valence-corrected chi connectivity index (χ0v) is 23.6. The Hall–Kier alpha value is -0.130. The van der Waals surface area contributed by atoms with Crippen LogP contribution in [0.4, 0.5) is 0 Å². The van der Waals surface area contributed by atoms with Crippen LogP contribution in [0.5, 0.6) is 0 Å². The van der Waals surface area contributed by atoms with Gasteiger partial charge in [-0.2, -0.15) is 0 Å². The Morgan fingerprint density at radius 2 is 1.03 bits per heavy atom. The van der Waals surface area contributed by atoms with Gasteiger partial charge in [0.05, 0.1) is 13.0 Å². The van der Waals surface area contributed by atoms with Crippen molar-refractivity contribution in [3.8, 4) is 0 Å². The number of ether oxygens (including phenoxy) is 3. The van der Waals surface area contributed by atoms with E-state index in [1.165, 1.54) is 89.9 Å². The lowest BCUT2D eigenvalue weighted by atomic mass is 10.1. The molecule has 0 aromatic heterocycles. The summed E-state index contributed by atoms with van der Waals surface area (Å²) in [6.45, 7) is 6.47. The molecule has 0 aliphatic rings. The maximum absolute atomic E-state index is 12.1. The maximum Gasteiger partial charge on any atom is 0.305 e. The fourth-order valence-electron chi connectivity index (χ4n) is 3.81. The van der Waals surface area contributed by atoms with Gasteiger partial charge in [-0.3, -0.25) is 4.79 Å². The molecule has 0 amide bonds. The van der Waals surface area contributed by atoms with Crippen molar-refractivity contribution in [2.45, 2.75) is 149 Å². The van der Waals surface area contributed by atoms with Gasteiger partial charge in [0, 0.05) is 25.0 Å². The second kappa shape index (κ2) is 28.1. The number of hydrogen-bond donors (Lipinski definition) is 0. The first kappa shape index (κ1) is 32.9. The number of carbonyl (C=O) groups excluding carboxylic acids is 1. The van der Waals surface area contributed by atoms with Crippen LogP contribution in [-0.2, 0) is 19.0 Å². The Bertz CT molecular complexity index is 374. The molecule has 33 heavy (non-hydrogen) atoms. The SMILES string of the molecule is CCCCCCCCOC(CCC(=O)OCCCCCCCCBr)OCCCCCCCC. The quantitative estimate of drug-likeness (QED) is 0.0455. The molecule has 0 unspecified atom stereocenters. The molecule has 0 aliphatic carbocycles. The molecule has 0 spiro atoms. The molecule has 0 aromatic rings. The molecule has 0 atom stereocenters. The maximum atomic E-state index is 12.1. The fraction of sp³-hybridized carbons (Fsp3) is 0.964. The van der Waals surface area contributed by atoms with Crippen molar-refractivity contribution in [1.29, 1.82) is 0 Å². The Labute approximate surface area is 214 Å². The molecule has 0 N–H and O–H groups in total. The number of unbranched alkanes of at least 4 members (excludes halogenated alkanes) is 15. The monoisotopic (exact) mass is 534 g/mol. The van der Waals surface area contributed by atoms with Crippen LogP contribution < -0.4 is 0 Å². The van der Waals surface area contributed by atoms with E-state index in [0.29, 0.717) is 19.4 Å². The lowest BCUT2D eigenvalue weighted by Crippen LogP contribution is -2.21. The highest BCUT2D eigenvalue weighted by Crippen LogP contribution is 2.12. The predicted octanol–water partition coefficient (Wildman–Crippen LogP) is 9.13. The highest BCUT2D eigenvalue weighted by atomic mass is 79.9. The zero-order valence-electron chi connectivity index (χ0n) is 22.1. The molecule has 0 radical (unpaired) electrons. The van der Waals surface area contributed by atoms with E-state index in [1.54, 1.807) is 0 Å². The molecule has 0 saturated heterocycles. The van der Waals surface area contributed by atoms with E-state index >= 15 is 0 Å². The normalized spacial score (nSPS) is 11.4. The lowest BCUT2D eigenvalue weighted by Gasteiger charge is -2.18. The summed E-state index contributed by atoms with van der Waals surface area (Å²) < 4.78 is 17.4. The van der Waals surface area contributed by atoms with Gasteiger partial charge in [-0.05, 0) is 25.7 Å². The number of rotatable bonds is 27. The van der Waals surface area contributed by atoms with Gasteiger partial charge in [0.15, 0.2) is 6.29 Å².